The van der Waals surface area contributed by atoms with Crippen LogP contribution < -0.4 is 4.90 Å². The van der Waals surface area contributed by atoms with Crippen LogP contribution in [-0.2, 0) is 16.2 Å². The van der Waals surface area contributed by atoms with E-state index in [1.54, 1.807) is 0 Å². The molecule has 0 aromatic heterocycles. The van der Waals surface area contributed by atoms with Gasteiger partial charge in [0.1, 0.15) is 0 Å². The smallest absolute Gasteiger partial charge is 0.0369 e. The second-order valence-electron chi connectivity index (χ2n) is 34.1. The maximum atomic E-state index is 2.99. The molecule has 88 heavy (non-hydrogen) atoms. The maximum absolute atomic E-state index is 2.99. The van der Waals surface area contributed by atoms with Crippen LogP contribution in [-0.4, -0.2) is 13.1 Å². The zero-order valence-corrected chi connectivity index (χ0v) is 51.3. The van der Waals surface area contributed by atoms with Gasteiger partial charge in [-0.1, -0.05) is 174 Å². The van der Waals surface area contributed by atoms with Crippen molar-refractivity contribution in [2.75, 3.05) is 18.0 Å². The average molecular weight is 1130 g/mol. The van der Waals surface area contributed by atoms with E-state index in [-0.39, 0.29) is 16.2 Å². The van der Waals surface area contributed by atoms with Crippen LogP contribution in [0.2, 0.25) is 0 Å². The molecule has 0 amide bonds. The summed E-state index contributed by atoms with van der Waals surface area (Å²) in [5.74, 6) is 14.6. The number of hydrogen-bond acceptors (Lipinski definition) is 1. The molecule has 20 atom stereocenters. The first kappa shape index (κ1) is 45.9. The highest BCUT2D eigenvalue weighted by atomic mass is 15.2. The summed E-state index contributed by atoms with van der Waals surface area (Å²) in [6.07, 6.45) is 20.3. The molecular formula is C87H71N. The van der Waals surface area contributed by atoms with Crippen LogP contribution in [0.15, 0.2) is 174 Å². The molecule has 18 aliphatic carbocycles. The molecule has 7 aromatic carbocycles. The van der Waals surface area contributed by atoms with E-state index in [0.717, 1.165) is 94.7 Å². The molecule has 0 N–H and O–H groups in total. The molecule has 20 unspecified atom stereocenters. The molecule has 5 fully saturated rings. The zero-order chi connectivity index (χ0) is 56.9. The van der Waals surface area contributed by atoms with Crippen LogP contribution in [0.1, 0.15) is 145 Å². The molecule has 1 heteroatoms. The van der Waals surface area contributed by atoms with E-state index in [9.17, 15) is 0 Å². The number of nitrogens with zero attached hydrogens (tertiary/aromatic N) is 1. The van der Waals surface area contributed by atoms with E-state index in [4.69, 9.17) is 0 Å². The van der Waals surface area contributed by atoms with Gasteiger partial charge in [-0.05, 0) is 307 Å². The van der Waals surface area contributed by atoms with Gasteiger partial charge in [0.25, 0.3) is 0 Å². The van der Waals surface area contributed by atoms with Crippen molar-refractivity contribution in [1.29, 1.82) is 0 Å². The third-order valence-electron chi connectivity index (χ3n) is 31.0. The number of fused-ring (bicyclic) bond motifs is 17. The van der Waals surface area contributed by atoms with E-state index in [1.165, 1.54) is 121 Å². The summed E-state index contributed by atoms with van der Waals surface area (Å²) < 4.78 is 0. The highest BCUT2D eigenvalue weighted by molar-refractivity contribution is 6.16. The summed E-state index contributed by atoms with van der Waals surface area (Å²) in [7, 11) is 0. The first-order valence-electron chi connectivity index (χ1n) is 35.1. The molecule has 1 saturated heterocycles. The molecule has 0 spiro atoms. The molecule has 1 nitrogen and oxygen atoms in total. The molecule has 7 aromatic rings. The molecule has 424 valence electrons. The van der Waals surface area contributed by atoms with Gasteiger partial charge in [-0.2, -0.15) is 0 Å². The molecule has 19 aliphatic rings. The molecule has 4 saturated carbocycles. The molecular weight excluding hydrogens is 1060 g/mol. The van der Waals surface area contributed by atoms with Gasteiger partial charge in [-0.3, -0.25) is 0 Å². The van der Waals surface area contributed by atoms with Crippen molar-refractivity contribution in [3.63, 3.8) is 0 Å². The van der Waals surface area contributed by atoms with E-state index in [0.29, 0.717) is 23.7 Å². The lowest BCUT2D eigenvalue weighted by Crippen LogP contribution is -2.46. The minimum atomic E-state index is -0.127. The van der Waals surface area contributed by atoms with Gasteiger partial charge in [0.15, 0.2) is 0 Å². The fourth-order valence-electron chi connectivity index (χ4n) is 28.5. The van der Waals surface area contributed by atoms with E-state index in [1.807, 2.05) is 55.7 Å². The summed E-state index contributed by atoms with van der Waals surface area (Å²) in [5.41, 5.74) is 47.3. The van der Waals surface area contributed by atoms with E-state index in [2.05, 4.69) is 209 Å². The summed E-state index contributed by atoms with van der Waals surface area (Å²) in [6.45, 7) is 17.2. The standard InChI is InChI=1S/C87H71N/c1-85(2)57-10-8-7-9-41(57)42-16-11-36(29-58(42)85)37-12-17-43-44-18-13-38(31-60(44)86(3,4)59(43)30-37)39-14-19-45-46-20-15-40(33-62(46)87(5,6)61(45)32-39)88-34-55-56(35-88)64-54-28-26-52-50-24-22-48-47-21-23-49-51-25-27-53-63(55)73-74(64)79-72(54)70(52)77-68(50)66(48)75-65(47)67(49)76-69(51)71(53)78(73)83-81(76)80(75)82(77)84(79)83/h7-21,23,25-33,47-56,63-65,67,69-74H,22,24,34-35H2,1-6H3. The van der Waals surface area contributed by atoms with Crippen molar-refractivity contribution in [2.24, 2.45) is 94.7 Å². The Bertz CT molecular complexity index is 5010. The topological polar surface area (TPSA) is 3.24 Å². The Morgan fingerprint density at radius 1 is 0.330 bits per heavy atom. The molecule has 0 radical (unpaired) electrons. The van der Waals surface area contributed by atoms with Gasteiger partial charge in [0.2, 0.25) is 0 Å². The van der Waals surface area contributed by atoms with Crippen molar-refractivity contribution >= 4 is 16.8 Å². The molecule has 1 heterocycles. The van der Waals surface area contributed by atoms with Gasteiger partial charge < -0.3 is 4.90 Å². The SMILES string of the molecule is CC1(C)c2ccccc2-c2ccc(-c3ccc4c(c3)C(C)(C)c3cc(-c5ccc6c(c5)C(C)(C)c5cc(N7CC8C(C7)C7C9C=CC%10C%11CCC%12c%13c%11c%11c%14c%15c%13C%13C%12C=CC%12C%16C=CC%17C%18C%19=C(C%15=C(C%16%18)C%12%13)C%14=C(C9C%11%10)C7C%19C%178)ccc5-6)ccc3-4)cc21. The minimum absolute atomic E-state index is 0.0199. The van der Waals surface area contributed by atoms with Crippen molar-refractivity contribution < 1.29 is 0 Å². The highest BCUT2D eigenvalue weighted by Gasteiger charge is 2.77. The summed E-state index contributed by atoms with van der Waals surface area (Å²) in [6, 6.07) is 46.3. The zero-order valence-electron chi connectivity index (χ0n) is 51.3. The number of allylic oxidation sites excluding steroid dienone is 12. The van der Waals surface area contributed by atoms with Gasteiger partial charge >= 0.3 is 0 Å². The van der Waals surface area contributed by atoms with Gasteiger partial charge in [-0.25, -0.2) is 0 Å². The predicted molar refractivity (Wildman–Crippen MR) is 353 cm³/mol. The summed E-state index contributed by atoms with van der Waals surface area (Å²) in [5, 5.41) is 0. The Morgan fingerprint density at radius 3 is 1.22 bits per heavy atom. The van der Waals surface area contributed by atoms with E-state index < -0.39 is 0 Å². The number of rotatable bonds is 3. The van der Waals surface area contributed by atoms with Crippen molar-refractivity contribution in [1.82, 2.24) is 0 Å². The molecule has 26 rings (SSSR count). The lowest BCUT2D eigenvalue weighted by molar-refractivity contribution is 0.0318. The number of anilines is 1. The average Bonchev–Trinajstić information content (AvgIpc) is 1.44. The van der Waals surface area contributed by atoms with Gasteiger partial charge in [0, 0.05) is 35.0 Å². The Kier molecular flexibility index (Phi) is 7.18. The minimum Gasteiger partial charge on any atom is -0.371 e. The van der Waals surface area contributed by atoms with E-state index >= 15 is 0 Å². The third-order valence-corrected chi connectivity index (χ3v) is 31.0. The fourth-order valence-corrected chi connectivity index (χ4v) is 28.5. The first-order valence-corrected chi connectivity index (χ1v) is 35.1. The van der Waals surface area contributed by atoms with Crippen LogP contribution in [0.5, 0.6) is 0 Å². The van der Waals surface area contributed by atoms with Crippen LogP contribution in [0.4, 0.5) is 5.69 Å². The van der Waals surface area contributed by atoms with Gasteiger partial charge in [-0.15, -0.1) is 0 Å². The Morgan fingerprint density at radius 2 is 0.705 bits per heavy atom. The van der Waals surface area contributed by atoms with Crippen LogP contribution in [0.3, 0.4) is 0 Å². The maximum Gasteiger partial charge on any atom is 0.0369 e. The highest BCUT2D eigenvalue weighted by Crippen LogP contribution is 2.87. The molecule has 0 bridgehead atoms. The number of hydrogen-bond donors (Lipinski definition) is 0. The summed E-state index contributed by atoms with van der Waals surface area (Å²) >= 11 is 0. The predicted octanol–water partition coefficient (Wildman–Crippen LogP) is 19.1. The summed E-state index contributed by atoms with van der Waals surface area (Å²) in [4.78, 5) is 2.99. The van der Waals surface area contributed by atoms with Crippen molar-refractivity contribution in [3.05, 3.63) is 241 Å². The number of benzene rings is 7. The lowest BCUT2D eigenvalue weighted by atomic mass is 9.54. The third kappa shape index (κ3) is 4.41. The molecule has 1 aliphatic heterocycles. The second kappa shape index (κ2) is 13.7. The first-order chi connectivity index (χ1) is 42.9. The van der Waals surface area contributed by atoms with Crippen LogP contribution in [0, 0.1) is 94.7 Å². The Labute approximate surface area is 517 Å². The van der Waals surface area contributed by atoms with Crippen LogP contribution in [0.25, 0.3) is 66.8 Å². The van der Waals surface area contributed by atoms with Crippen molar-refractivity contribution in [2.45, 2.75) is 94.3 Å². The Balaban J connectivity index is 0.559. The Hall–Kier alpha value is -7.22. The van der Waals surface area contributed by atoms with Crippen molar-refractivity contribution in [3.8, 4) is 55.6 Å². The second-order valence-corrected chi connectivity index (χ2v) is 34.1. The fraction of sp³-hybridized carbons (Fsp3) is 0.379. The van der Waals surface area contributed by atoms with Gasteiger partial charge in [0.05, 0.1) is 0 Å². The normalized spacial score (nSPS) is 39.5. The monoisotopic (exact) mass is 1130 g/mol. The quantitative estimate of drug-likeness (QED) is 0.159. The lowest BCUT2D eigenvalue weighted by Gasteiger charge is -2.49. The van der Waals surface area contributed by atoms with Crippen LogP contribution >= 0.6 is 0 Å². The largest absolute Gasteiger partial charge is 0.371 e.